The molecule has 4 heteroatoms. The van der Waals surface area contributed by atoms with Crippen molar-refractivity contribution in [3.05, 3.63) is 58.4 Å². The highest BCUT2D eigenvalue weighted by atomic mass is 32.1. The SMILES string of the molecule is Cc1ccc(C)c(CC(=O)Cc2cn3ccsc3n2)c1. The standard InChI is InChI=1S/C16H16N2OS/c1-11-3-4-12(2)13(7-11)8-15(19)9-14-10-18-5-6-20-16(18)17-14/h3-7,10H,8-9H2,1-2H3. The molecule has 20 heavy (non-hydrogen) atoms. The molecule has 0 aliphatic carbocycles. The summed E-state index contributed by atoms with van der Waals surface area (Å²) in [5, 5.41) is 1.99. The summed E-state index contributed by atoms with van der Waals surface area (Å²) in [4.78, 5) is 17.6. The predicted molar refractivity (Wildman–Crippen MR) is 81.4 cm³/mol. The van der Waals surface area contributed by atoms with Crippen LogP contribution in [0.5, 0.6) is 0 Å². The molecular weight excluding hydrogens is 268 g/mol. The van der Waals surface area contributed by atoms with E-state index < -0.39 is 0 Å². The third-order valence-corrected chi connectivity index (χ3v) is 4.18. The van der Waals surface area contributed by atoms with Crippen molar-refractivity contribution < 1.29 is 4.79 Å². The molecule has 0 fully saturated rings. The van der Waals surface area contributed by atoms with Gasteiger partial charge in [0.15, 0.2) is 4.96 Å². The van der Waals surface area contributed by atoms with Gasteiger partial charge in [0, 0.05) is 24.2 Å². The van der Waals surface area contributed by atoms with E-state index in [1.54, 1.807) is 11.3 Å². The minimum Gasteiger partial charge on any atom is -0.299 e. The molecule has 2 aromatic heterocycles. The largest absolute Gasteiger partial charge is 0.299 e. The van der Waals surface area contributed by atoms with Crippen LogP contribution >= 0.6 is 11.3 Å². The lowest BCUT2D eigenvalue weighted by Gasteiger charge is -2.05. The van der Waals surface area contributed by atoms with Crippen LogP contribution in [0.3, 0.4) is 0 Å². The Morgan fingerprint density at radius 3 is 2.95 bits per heavy atom. The number of ketones is 1. The van der Waals surface area contributed by atoms with Gasteiger partial charge < -0.3 is 0 Å². The lowest BCUT2D eigenvalue weighted by atomic mass is 9.99. The molecule has 0 radical (unpaired) electrons. The molecule has 0 saturated heterocycles. The fourth-order valence-electron chi connectivity index (χ4n) is 2.33. The van der Waals surface area contributed by atoms with Gasteiger partial charge in [0.2, 0.25) is 0 Å². The Labute approximate surface area is 121 Å². The second kappa shape index (κ2) is 5.21. The van der Waals surface area contributed by atoms with E-state index in [-0.39, 0.29) is 5.78 Å². The number of Topliss-reactive ketones (excluding diaryl/α,β-unsaturated/α-hetero) is 1. The maximum Gasteiger partial charge on any atom is 0.193 e. The Hall–Kier alpha value is -1.94. The number of hydrogen-bond acceptors (Lipinski definition) is 3. The molecule has 0 aliphatic heterocycles. The van der Waals surface area contributed by atoms with Crippen molar-refractivity contribution in [2.45, 2.75) is 26.7 Å². The number of carbonyl (C=O) groups is 1. The smallest absolute Gasteiger partial charge is 0.193 e. The number of aryl methyl sites for hydroxylation is 2. The molecule has 102 valence electrons. The zero-order valence-corrected chi connectivity index (χ0v) is 12.4. The van der Waals surface area contributed by atoms with Crippen LogP contribution in [0.4, 0.5) is 0 Å². The number of carbonyl (C=O) groups excluding carboxylic acids is 1. The summed E-state index contributed by atoms with van der Waals surface area (Å²) in [6, 6.07) is 6.25. The van der Waals surface area contributed by atoms with E-state index in [0.717, 1.165) is 16.2 Å². The van der Waals surface area contributed by atoms with E-state index in [2.05, 4.69) is 37.0 Å². The van der Waals surface area contributed by atoms with Crippen LogP contribution in [-0.2, 0) is 17.6 Å². The van der Waals surface area contributed by atoms with Crippen molar-refractivity contribution in [2.24, 2.45) is 0 Å². The van der Waals surface area contributed by atoms with Crippen LogP contribution in [0.15, 0.2) is 36.0 Å². The minimum atomic E-state index is 0.212. The lowest BCUT2D eigenvalue weighted by molar-refractivity contribution is -0.117. The normalized spacial score (nSPS) is 11.1. The number of fused-ring (bicyclic) bond motifs is 1. The quantitative estimate of drug-likeness (QED) is 0.736. The van der Waals surface area contributed by atoms with Crippen molar-refractivity contribution in [1.82, 2.24) is 9.38 Å². The summed E-state index contributed by atoms with van der Waals surface area (Å²) in [7, 11) is 0. The first-order valence-corrected chi connectivity index (χ1v) is 7.49. The maximum absolute atomic E-state index is 12.2. The summed E-state index contributed by atoms with van der Waals surface area (Å²) < 4.78 is 1.96. The van der Waals surface area contributed by atoms with Crippen molar-refractivity contribution in [1.29, 1.82) is 0 Å². The van der Waals surface area contributed by atoms with Crippen molar-refractivity contribution in [3.8, 4) is 0 Å². The molecule has 0 unspecified atom stereocenters. The molecule has 0 saturated carbocycles. The summed E-state index contributed by atoms with van der Waals surface area (Å²) in [6.07, 6.45) is 4.79. The zero-order valence-electron chi connectivity index (χ0n) is 11.6. The van der Waals surface area contributed by atoms with Gasteiger partial charge in [-0.25, -0.2) is 4.98 Å². The molecule has 1 aromatic carbocycles. The molecule has 0 atom stereocenters. The monoisotopic (exact) mass is 284 g/mol. The number of aromatic nitrogens is 2. The molecule has 0 spiro atoms. The zero-order chi connectivity index (χ0) is 14.1. The topological polar surface area (TPSA) is 34.4 Å². The average Bonchev–Trinajstić information content (AvgIpc) is 2.94. The van der Waals surface area contributed by atoms with Gasteiger partial charge in [-0.2, -0.15) is 0 Å². The van der Waals surface area contributed by atoms with Gasteiger partial charge in [-0.3, -0.25) is 9.20 Å². The maximum atomic E-state index is 12.2. The predicted octanol–water partition coefficient (Wildman–Crippen LogP) is 3.37. The first kappa shape index (κ1) is 13.1. The third kappa shape index (κ3) is 2.65. The number of nitrogens with zero attached hydrogens (tertiary/aromatic N) is 2. The van der Waals surface area contributed by atoms with Gasteiger partial charge in [-0.1, -0.05) is 23.8 Å². The summed E-state index contributed by atoms with van der Waals surface area (Å²) in [5.74, 6) is 0.212. The average molecular weight is 284 g/mol. The highest BCUT2D eigenvalue weighted by Gasteiger charge is 2.10. The van der Waals surface area contributed by atoms with Gasteiger partial charge in [0.1, 0.15) is 5.78 Å². The molecular formula is C16H16N2OS. The Balaban J connectivity index is 1.73. The van der Waals surface area contributed by atoms with E-state index in [0.29, 0.717) is 12.8 Å². The molecule has 0 bridgehead atoms. The fourth-order valence-corrected chi connectivity index (χ4v) is 3.05. The number of thiazole rings is 1. The number of hydrogen-bond donors (Lipinski definition) is 0. The molecule has 2 heterocycles. The van der Waals surface area contributed by atoms with Crippen molar-refractivity contribution in [2.75, 3.05) is 0 Å². The van der Waals surface area contributed by atoms with E-state index in [9.17, 15) is 4.79 Å². The van der Waals surface area contributed by atoms with Gasteiger partial charge in [0.05, 0.1) is 12.1 Å². The molecule has 0 amide bonds. The summed E-state index contributed by atoms with van der Waals surface area (Å²) in [5.41, 5.74) is 4.35. The van der Waals surface area contributed by atoms with Crippen molar-refractivity contribution >= 4 is 22.1 Å². The Bertz CT molecular complexity index is 741. The second-order valence-corrected chi connectivity index (χ2v) is 6.02. The highest BCUT2D eigenvalue weighted by Crippen LogP contribution is 2.15. The fraction of sp³-hybridized carbons (Fsp3) is 0.250. The highest BCUT2D eigenvalue weighted by molar-refractivity contribution is 7.15. The molecule has 3 aromatic rings. The van der Waals surface area contributed by atoms with Crippen LogP contribution in [0.25, 0.3) is 4.96 Å². The van der Waals surface area contributed by atoms with E-state index >= 15 is 0 Å². The van der Waals surface area contributed by atoms with Crippen LogP contribution in [0.2, 0.25) is 0 Å². The number of rotatable bonds is 4. The second-order valence-electron chi connectivity index (χ2n) is 5.15. The van der Waals surface area contributed by atoms with Gasteiger partial charge in [0.25, 0.3) is 0 Å². The Kier molecular flexibility index (Phi) is 3.40. The Morgan fingerprint density at radius 2 is 2.15 bits per heavy atom. The summed E-state index contributed by atoms with van der Waals surface area (Å²) >= 11 is 1.58. The van der Waals surface area contributed by atoms with Gasteiger partial charge in [-0.15, -0.1) is 11.3 Å². The van der Waals surface area contributed by atoms with Crippen LogP contribution in [0, 0.1) is 13.8 Å². The number of benzene rings is 1. The molecule has 3 rings (SSSR count). The van der Waals surface area contributed by atoms with E-state index in [1.807, 2.05) is 22.2 Å². The van der Waals surface area contributed by atoms with E-state index in [1.165, 1.54) is 11.1 Å². The van der Waals surface area contributed by atoms with Gasteiger partial charge in [-0.05, 0) is 25.0 Å². The lowest BCUT2D eigenvalue weighted by Crippen LogP contribution is -2.08. The van der Waals surface area contributed by atoms with Crippen LogP contribution < -0.4 is 0 Å². The third-order valence-electron chi connectivity index (χ3n) is 3.41. The number of imidazole rings is 1. The summed E-state index contributed by atoms with van der Waals surface area (Å²) in [6.45, 7) is 4.10. The van der Waals surface area contributed by atoms with Crippen LogP contribution in [0.1, 0.15) is 22.4 Å². The first-order chi connectivity index (χ1) is 9.61. The molecule has 3 nitrogen and oxygen atoms in total. The Morgan fingerprint density at radius 1 is 1.30 bits per heavy atom. The molecule has 0 aliphatic rings. The minimum absolute atomic E-state index is 0.212. The van der Waals surface area contributed by atoms with Crippen molar-refractivity contribution in [3.63, 3.8) is 0 Å². The van der Waals surface area contributed by atoms with E-state index in [4.69, 9.17) is 0 Å². The van der Waals surface area contributed by atoms with Crippen LogP contribution in [-0.4, -0.2) is 15.2 Å². The first-order valence-electron chi connectivity index (χ1n) is 6.61. The molecule has 0 N–H and O–H groups in total. The van der Waals surface area contributed by atoms with Gasteiger partial charge >= 0.3 is 0 Å².